The van der Waals surface area contributed by atoms with Gasteiger partial charge in [0.25, 0.3) is 0 Å². The zero-order valence-electron chi connectivity index (χ0n) is 18.2. The molecule has 2 aromatic rings. The van der Waals surface area contributed by atoms with Crippen LogP contribution in [0.2, 0.25) is 0 Å². The van der Waals surface area contributed by atoms with Gasteiger partial charge in [-0.2, -0.15) is 0 Å². The maximum absolute atomic E-state index is 4.93. The number of guanidine groups is 1. The van der Waals surface area contributed by atoms with Crippen LogP contribution < -0.4 is 5.32 Å². The van der Waals surface area contributed by atoms with Crippen molar-refractivity contribution in [3.63, 3.8) is 0 Å². The van der Waals surface area contributed by atoms with Gasteiger partial charge >= 0.3 is 0 Å². The third kappa shape index (κ3) is 6.07. The van der Waals surface area contributed by atoms with Gasteiger partial charge in [-0.25, -0.2) is 9.98 Å². The minimum Gasteiger partial charge on any atom is -0.357 e. The number of benzene rings is 1. The highest BCUT2D eigenvalue weighted by Crippen LogP contribution is 2.18. The third-order valence-corrected chi connectivity index (χ3v) is 5.70. The second-order valence-electron chi connectivity index (χ2n) is 7.71. The van der Waals surface area contributed by atoms with E-state index in [0.29, 0.717) is 6.54 Å². The first-order chi connectivity index (χ1) is 14.2. The molecule has 1 atom stereocenters. The topological polar surface area (TPSA) is 48.7 Å². The number of imidazole rings is 1. The van der Waals surface area contributed by atoms with Crippen molar-refractivity contribution in [2.75, 3.05) is 39.3 Å². The highest BCUT2D eigenvalue weighted by atomic mass is 15.3. The van der Waals surface area contributed by atoms with Crippen LogP contribution in [0.1, 0.15) is 38.6 Å². The van der Waals surface area contributed by atoms with Crippen LogP contribution >= 0.6 is 0 Å². The summed E-state index contributed by atoms with van der Waals surface area (Å²) in [4.78, 5) is 14.4. The van der Waals surface area contributed by atoms with Crippen molar-refractivity contribution < 1.29 is 0 Å². The zero-order valence-corrected chi connectivity index (χ0v) is 18.2. The van der Waals surface area contributed by atoms with Gasteiger partial charge in [0.15, 0.2) is 5.96 Å². The highest BCUT2D eigenvalue weighted by molar-refractivity contribution is 5.80. The molecule has 1 aliphatic rings. The Labute approximate surface area is 175 Å². The first-order valence-electron chi connectivity index (χ1n) is 11.0. The van der Waals surface area contributed by atoms with Gasteiger partial charge in [-0.15, -0.1) is 0 Å². The normalized spacial score (nSPS) is 17.3. The fraction of sp³-hybridized carbons (Fsp3) is 0.565. The molecule has 1 N–H and O–H groups in total. The molecule has 2 heterocycles. The third-order valence-electron chi connectivity index (χ3n) is 5.70. The fourth-order valence-electron chi connectivity index (χ4n) is 4.01. The largest absolute Gasteiger partial charge is 0.357 e. The number of hydrogen-bond acceptors (Lipinski definition) is 3. The van der Waals surface area contributed by atoms with E-state index in [4.69, 9.17) is 4.99 Å². The quantitative estimate of drug-likeness (QED) is 0.523. The van der Waals surface area contributed by atoms with E-state index in [1.807, 2.05) is 12.4 Å². The monoisotopic (exact) mass is 396 g/mol. The maximum atomic E-state index is 4.93. The second-order valence-corrected chi connectivity index (χ2v) is 7.71. The van der Waals surface area contributed by atoms with E-state index < -0.39 is 0 Å². The summed E-state index contributed by atoms with van der Waals surface area (Å²) in [5.41, 5.74) is 1.28. The molecule has 0 aliphatic carbocycles. The number of aliphatic imine (C=N–C) groups is 1. The standard InChI is InChI=1S/C23H36N6/c1-4-24-23(29-14-12-21(19-29)17-27(5-2)6-3)26-16-22-25-13-15-28(22)18-20-10-8-7-9-11-20/h7-11,13,15,21H,4-6,12,14,16-19H2,1-3H3,(H,24,26). The van der Waals surface area contributed by atoms with Crippen molar-refractivity contribution >= 4 is 5.96 Å². The van der Waals surface area contributed by atoms with Crippen LogP contribution in [-0.4, -0.2) is 64.6 Å². The molecule has 1 aromatic carbocycles. The van der Waals surface area contributed by atoms with Crippen LogP contribution in [-0.2, 0) is 13.1 Å². The van der Waals surface area contributed by atoms with Crippen LogP contribution in [0.15, 0.2) is 47.7 Å². The van der Waals surface area contributed by atoms with Crippen LogP contribution in [0.5, 0.6) is 0 Å². The molecule has 0 saturated carbocycles. The molecule has 6 nitrogen and oxygen atoms in total. The van der Waals surface area contributed by atoms with Crippen LogP contribution in [0.25, 0.3) is 0 Å². The van der Waals surface area contributed by atoms with E-state index in [1.165, 1.54) is 18.5 Å². The van der Waals surface area contributed by atoms with Gasteiger partial charge in [-0.05, 0) is 37.9 Å². The Hall–Kier alpha value is -2.34. The van der Waals surface area contributed by atoms with Crippen molar-refractivity contribution in [1.29, 1.82) is 0 Å². The molecule has 3 rings (SSSR count). The number of likely N-dealkylation sites (tertiary alicyclic amines) is 1. The molecule has 6 heteroatoms. The molecule has 158 valence electrons. The smallest absolute Gasteiger partial charge is 0.194 e. The lowest BCUT2D eigenvalue weighted by atomic mass is 10.1. The number of nitrogens with zero attached hydrogens (tertiary/aromatic N) is 5. The van der Waals surface area contributed by atoms with Crippen molar-refractivity contribution in [2.24, 2.45) is 10.9 Å². The van der Waals surface area contributed by atoms with Gasteiger partial charge in [0.2, 0.25) is 0 Å². The molecule has 0 spiro atoms. The summed E-state index contributed by atoms with van der Waals surface area (Å²) in [7, 11) is 0. The van der Waals surface area contributed by atoms with E-state index in [2.05, 4.69) is 75.8 Å². The average Bonchev–Trinajstić information content (AvgIpc) is 3.39. The predicted octanol–water partition coefficient (Wildman–Crippen LogP) is 3.06. The lowest BCUT2D eigenvalue weighted by Gasteiger charge is -2.24. The molecular weight excluding hydrogens is 360 g/mol. The zero-order chi connectivity index (χ0) is 20.5. The Morgan fingerprint density at radius 1 is 1.21 bits per heavy atom. The van der Waals surface area contributed by atoms with Gasteiger partial charge in [-0.3, -0.25) is 0 Å². The molecule has 0 amide bonds. The molecule has 29 heavy (non-hydrogen) atoms. The average molecular weight is 397 g/mol. The molecule has 1 unspecified atom stereocenters. The Morgan fingerprint density at radius 2 is 2.00 bits per heavy atom. The molecule has 1 aromatic heterocycles. The van der Waals surface area contributed by atoms with Crippen LogP contribution in [0, 0.1) is 5.92 Å². The summed E-state index contributed by atoms with van der Waals surface area (Å²) in [6.45, 7) is 14.6. The van der Waals surface area contributed by atoms with E-state index in [1.54, 1.807) is 0 Å². The van der Waals surface area contributed by atoms with Gasteiger partial charge in [-0.1, -0.05) is 44.2 Å². The first-order valence-corrected chi connectivity index (χ1v) is 11.0. The summed E-state index contributed by atoms with van der Waals surface area (Å²) < 4.78 is 2.19. The Kier molecular flexibility index (Phi) is 8.11. The summed E-state index contributed by atoms with van der Waals surface area (Å²) in [6, 6.07) is 10.5. The minimum absolute atomic E-state index is 0.597. The number of rotatable bonds is 9. The molecule has 0 radical (unpaired) electrons. The summed E-state index contributed by atoms with van der Waals surface area (Å²) in [6.07, 6.45) is 5.15. The van der Waals surface area contributed by atoms with Gasteiger partial charge in [0.1, 0.15) is 12.4 Å². The predicted molar refractivity (Wildman–Crippen MR) is 120 cm³/mol. The summed E-state index contributed by atoms with van der Waals surface area (Å²) >= 11 is 0. The Balaban J connectivity index is 1.62. The van der Waals surface area contributed by atoms with Crippen molar-refractivity contribution in [3.8, 4) is 0 Å². The fourth-order valence-corrected chi connectivity index (χ4v) is 4.01. The number of hydrogen-bond donors (Lipinski definition) is 1. The summed E-state index contributed by atoms with van der Waals surface area (Å²) in [5, 5.41) is 3.48. The molecule has 0 bridgehead atoms. The molecule has 1 fully saturated rings. The lowest BCUT2D eigenvalue weighted by Crippen LogP contribution is -2.41. The molecular formula is C23H36N6. The van der Waals surface area contributed by atoms with Crippen LogP contribution in [0.4, 0.5) is 0 Å². The van der Waals surface area contributed by atoms with Crippen molar-refractivity contribution in [1.82, 2.24) is 24.7 Å². The maximum Gasteiger partial charge on any atom is 0.194 e. The van der Waals surface area contributed by atoms with Crippen molar-refractivity contribution in [2.45, 2.75) is 40.3 Å². The Morgan fingerprint density at radius 3 is 2.72 bits per heavy atom. The SMILES string of the molecule is CCNC(=NCc1nccn1Cc1ccccc1)N1CCC(CN(CC)CC)C1. The van der Waals surface area contributed by atoms with Crippen molar-refractivity contribution in [3.05, 3.63) is 54.1 Å². The summed E-state index contributed by atoms with van der Waals surface area (Å²) in [5.74, 6) is 2.74. The molecule has 1 saturated heterocycles. The lowest BCUT2D eigenvalue weighted by molar-refractivity contribution is 0.255. The number of nitrogens with one attached hydrogen (secondary N) is 1. The Bertz CT molecular complexity index is 750. The first kappa shape index (κ1) is 21.4. The highest BCUT2D eigenvalue weighted by Gasteiger charge is 2.26. The van der Waals surface area contributed by atoms with Gasteiger partial charge in [0.05, 0.1) is 0 Å². The van der Waals surface area contributed by atoms with E-state index in [-0.39, 0.29) is 0 Å². The second kappa shape index (κ2) is 11.0. The van der Waals surface area contributed by atoms with Crippen LogP contribution in [0.3, 0.4) is 0 Å². The number of aromatic nitrogens is 2. The molecule has 1 aliphatic heterocycles. The van der Waals surface area contributed by atoms with Gasteiger partial charge in [0, 0.05) is 45.1 Å². The van der Waals surface area contributed by atoms with E-state index in [0.717, 1.165) is 57.0 Å². The van der Waals surface area contributed by atoms with E-state index >= 15 is 0 Å². The minimum atomic E-state index is 0.597. The van der Waals surface area contributed by atoms with Gasteiger partial charge < -0.3 is 19.7 Å². The van der Waals surface area contributed by atoms with E-state index in [9.17, 15) is 0 Å².